The number of likely N-dealkylation sites (N-methyl/N-ethyl adjacent to an activating group) is 1. The molecule has 4 heterocycles. The maximum absolute atomic E-state index is 13.0. The molecule has 34 heavy (non-hydrogen) atoms. The van der Waals surface area contributed by atoms with E-state index in [1.54, 1.807) is 10.9 Å². The van der Waals surface area contributed by atoms with E-state index in [0.717, 1.165) is 47.5 Å². The Labute approximate surface area is 199 Å². The van der Waals surface area contributed by atoms with E-state index in [9.17, 15) is 4.79 Å². The summed E-state index contributed by atoms with van der Waals surface area (Å²) in [7, 11) is 2.08. The van der Waals surface area contributed by atoms with Crippen LogP contribution in [0.15, 0.2) is 61.1 Å². The van der Waals surface area contributed by atoms with Crippen molar-refractivity contribution in [2.24, 2.45) is 0 Å². The molecule has 0 radical (unpaired) electrons. The van der Waals surface area contributed by atoms with E-state index in [0.29, 0.717) is 22.2 Å². The van der Waals surface area contributed by atoms with Crippen LogP contribution in [-0.4, -0.2) is 73.7 Å². The number of nitrogens with zero attached hydrogens (tertiary/aromatic N) is 7. The fourth-order valence-corrected chi connectivity index (χ4v) is 5.01. The van der Waals surface area contributed by atoms with E-state index < -0.39 is 0 Å². The highest BCUT2D eigenvalue weighted by Crippen LogP contribution is 2.31. The van der Waals surface area contributed by atoms with E-state index in [4.69, 9.17) is 4.98 Å². The van der Waals surface area contributed by atoms with Crippen molar-refractivity contribution in [1.29, 1.82) is 0 Å². The zero-order valence-electron chi connectivity index (χ0n) is 18.5. The second-order valence-electron chi connectivity index (χ2n) is 8.27. The highest BCUT2D eigenvalue weighted by Gasteiger charge is 2.21. The first-order valence-corrected chi connectivity index (χ1v) is 11.9. The molecule has 170 valence electrons. The van der Waals surface area contributed by atoms with Crippen LogP contribution in [0.5, 0.6) is 0 Å². The highest BCUT2D eigenvalue weighted by atomic mass is 32.1. The fraction of sp³-hybridized carbons (Fsp3) is 0.208. The first kappa shape index (κ1) is 20.7. The van der Waals surface area contributed by atoms with Crippen LogP contribution < -0.4 is 5.32 Å². The number of thiazole rings is 1. The van der Waals surface area contributed by atoms with Crippen molar-refractivity contribution >= 4 is 49.4 Å². The van der Waals surface area contributed by atoms with E-state index in [-0.39, 0.29) is 5.91 Å². The van der Waals surface area contributed by atoms with E-state index in [2.05, 4.69) is 32.3 Å². The number of fused-ring (bicyclic) bond motifs is 2. The van der Waals surface area contributed by atoms with Gasteiger partial charge in [-0.3, -0.25) is 4.79 Å². The molecule has 0 spiro atoms. The third kappa shape index (κ3) is 3.76. The van der Waals surface area contributed by atoms with E-state index in [1.807, 2.05) is 53.4 Å². The molecule has 1 fully saturated rings. The summed E-state index contributed by atoms with van der Waals surface area (Å²) in [6, 6.07) is 15.6. The van der Waals surface area contributed by atoms with Gasteiger partial charge in [0.2, 0.25) is 0 Å². The molecule has 10 heteroatoms. The van der Waals surface area contributed by atoms with Crippen LogP contribution >= 0.6 is 11.3 Å². The molecular formula is C24H22N8OS. The molecule has 9 nitrogen and oxygen atoms in total. The number of hydrogen-bond acceptors (Lipinski definition) is 8. The Morgan fingerprint density at radius 1 is 1.03 bits per heavy atom. The number of benzene rings is 2. The zero-order valence-corrected chi connectivity index (χ0v) is 19.4. The summed E-state index contributed by atoms with van der Waals surface area (Å²) in [4.78, 5) is 30.7. The van der Waals surface area contributed by atoms with Crippen molar-refractivity contribution in [2.45, 2.75) is 0 Å². The first-order chi connectivity index (χ1) is 16.7. The standard InChI is InChI=1S/C24H22N8OS/c1-30-9-11-31(12-10-30)23(33)16-7-8-19-20(13-16)34-24(28-19)29-21-18-14-27-32(22(18)26-15-25-21)17-5-3-2-4-6-17/h2-8,13-15H,9-12H2,1H3,(H,25,26,28,29). The lowest BCUT2D eigenvalue weighted by Crippen LogP contribution is -2.47. The van der Waals surface area contributed by atoms with Crippen LogP contribution in [0.1, 0.15) is 10.4 Å². The first-order valence-electron chi connectivity index (χ1n) is 11.1. The Morgan fingerprint density at radius 2 is 1.85 bits per heavy atom. The Morgan fingerprint density at radius 3 is 2.68 bits per heavy atom. The van der Waals surface area contributed by atoms with Crippen molar-refractivity contribution in [2.75, 3.05) is 38.5 Å². The Balaban J connectivity index is 1.28. The minimum atomic E-state index is 0.0729. The summed E-state index contributed by atoms with van der Waals surface area (Å²) in [5.41, 5.74) is 3.18. The van der Waals surface area contributed by atoms with Gasteiger partial charge in [-0.05, 0) is 37.4 Å². The van der Waals surface area contributed by atoms with Gasteiger partial charge in [-0.2, -0.15) is 5.10 Å². The Kier molecular flexibility index (Phi) is 5.16. The predicted molar refractivity (Wildman–Crippen MR) is 133 cm³/mol. The third-order valence-corrected chi connectivity index (χ3v) is 6.95. The molecular weight excluding hydrogens is 448 g/mol. The van der Waals surface area contributed by atoms with Gasteiger partial charge in [0.15, 0.2) is 10.8 Å². The number of piperazine rings is 1. The molecule has 0 aliphatic carbocycles. The lowest BCUT2D eigenvalue weighted by atomic mass is 10.1. The lowest BCUT2D eigenvalue weighted by Gasteiger charge is -2.32. The second kappa shape index (κ2) is 8.47. The monoisotopic (exact) mass is 470 g/mol. The lowest BCUT2D eigenvalue weighted by molar-refractivity contribution is 0.0664. The fourth-order valence-electron chi connectivity index (χ4n) is 4.11. The van der Waals surface area contributed by atoms with Gasteiger partial charge in [-0.1, -0.05) is 29.5 Å². The molecule has 0 saturated carbocycles. The van der Waals surface area contributed by atoms with Crippen molar-refractivity contribution in [3.63, 3.8) is 0 Å². The highest BCUT2D eigenvalue weighted by molar-refractivity contribution is 7.22. The molecule has 5 aromatic rings. The maximum Gasteiger partial charge on any atom is 0.253 e. The predicted octanol–water partition coefficient (Wildman–Crippen LogP) is 3.56. The Bertz CT molecular complexity index is 1490. The quantitative estimate of drug-likeness (QED) is 0.429. The number of nitrogens with one attached hydrogen (secondary N) is 1. The number of anilines is 2. The number of hydrogen-bond donors (Lipinski definition) is 1. The number of amides is 1. The summed E-state index contributed by atoms with van der Waals surface area (Å²) in [6.07, 6.45) is 3.27. The van der Waals surface area contributed by atoms with Crippen LogP contribution in [0, 0.1) is 0 Å². The van der Waals surface area contributed by atoms with Crippen molar-refractivity contribution in [3.8, 4) is 5.69 Å². The summed E-state index contributed by atoms with van der Waals surface area (Å²) in [6.45, 7) is 3.31. The van der Waals surface area contributed by atoms with Crippen LogP contribution in [0.25, 0.3) is 26.9 Å². The second-order valence-corrected chi connectivity index (χ2v) is 9.30. The molecule has 1 aliphatic heterocycles. The largest absolute Gasteiger partial charge is 0.336 e. The SMILES string of the molecule is CN1CCN(C(=O)c2ccc3nc(Nc4ncnc5c4cnn5-c4ccccc4)sc3c2)CC1. The number of aromatic nitrogens is 5. The normalized spacial score (nSPS) is 14.7. The van der Waals surface area contributed by atoms with E-state index >= 15 is 0 Å². The summed E-state index contributed by atoms with van der Waals surface area (Å²) >= 11 is 1.49. The average Bonchev–Trinajstić information content (AvgIpc) is 3.48. The maximum atomic E-state index is 13.0. The van der Waals surface area contributed by atoms with Gasteiger partial charge in [0.25, 0.3) is 5.91 Å². The molecule has 1 amide bonds. The van der Waals surface area contributed by atoms with Gasteiger partial charge in [0.05, 0.1) is 27.5 Å². The molecule has 0 atom stereocenters. The van der Waals surface area contributed by atoms with E-state index in [1.165, 1.54) is 17.7 Å². The van der Waals surface area contributed by atoms with Crippen LogP contribution in [0.2, 0.25) is 0 Å². The topological polar surface area (TPSA) is 92.1 Å². The number of carbonyl (C=O) groups excluding carboxylic acids is 1. The van der Waals surface area contributed by atoms with Gasteiger partial charge >= 0.3 is 0 Å². The van der Waals surface area contributed by atoms with Gasteiger partial charge < -0.3 is 15.1 Å². The van der Waals surface area contributed by atoms with Gasteiger partial charge in [0.1, 0.15) is 12.1 Å². The molecule has 1 N–H and O–H groups in total. The number of carbonyl (C=O) groups is 1. The van der Waals surface area contributed by atoms with Crippen LogP contribution in [-0.2, 0) is 0 Å². The number of para-hydroxylation sites is 1. The third-order valence-electron chi connectivity index (χ3n) is 6.02. The smallest absolute Gasteiger partial charge is 0.253 e. The van der Waals surface area contributed by atoms with Gasteiger partial charge in [-0.15, -0.1) is 0 Å². The molecule has 0 unspecified atom stereocenters. The minimum absolute atomic E-state index is 0.0729. The molecule has 1 saturated heterocycles. The van der Waals surface area contributed by atoms with Crippen molar-refractivity contribution in [3.05, 3.63) is 66.6 Å². The summed E-state index contributed by atoms with van der Waals surface area (Å²) < 4.78 is 2.74. The number of rotatable bonds is 4. The molecule has 2 aromatic carbocycles. The Hall–Kier alpha value is -3.89. The van der Waals surface area contributed by atoms with Crippen LogP contribution in [0.4, 0.5) is 10.9 Å². The molecule has 1 aliphatic rings. The average molecular weight is 471 g/mol. The van der Waals surface area contributed by atoms with Crippen molar-refractivity contribution in [1.82, 2.24) is 34.5 Å². The van der Waals surface area contributed by atoms with Gasteiger partial charge in [0, 0.05) is 31.7 Å². The molecule has 6 rings (SSSR count). The zero-order chi connectivity index (χ0) is 23.1. The van der Waals surface area contributed by atoms with Crippen LogP contribution in [0.3, 0.4) is 0 Å². The summed E-state index contributed by atoms with van der Waals surface area (Å²) in [5, 5.41) is 9.33. The van der Waals surface area contributed by atoms with Gasteiger partial charge in [-0.25, -0.2) is 19.6 Å². The van der Waals surface area contributed by atoms with Crippen molar-refractivity contribution < 1.29 is 4.79 Å². The molecule has 3 aromatic heterocycles. The summed E-state index contributed by atoms with van der Waals surface area (Å²) in [5.74, 6) is 0.712. The minimum Gasteiger partial charge on any atom is -0.336 e. The molecule has 0 bridgehead atoms.